The summed E-state index contributed by atoms with van der Waals surface area (Å²) in [5.74, 6) is 4.49. The Morgan fingerprint density at radius 1 is 0.714 bits per heavy atom. The zero-order valence-electron chi connectivity index (χ0n) is 8.91. The molecule has 0 radical (unpaired) electrons. The van der Waals surface area contributed by atoms with Crippen LogP contribution in [0.3, 0.4) is 0 Å². The number of rotatable bonds is 3. The number of hydrogen-bond acceptors (Lipinski definition) is 1. The maximum atomic E-state index is 3.96. The van der Waals surface area contributed by atoms with Gasteiger partial charge in [-0.1, -0.05) is 12.8 Å². The molecule has 0 aromatic carbocycles. The lowest BCUT2D eigenvalue weighted by Crippen LogP contribution is -2.36. The van der Waals surface area contributed by atoms with E-state index in [-0.39, 0.29) is 0 Å². The SMILES string of the molecule is C1CC(NC2CC2C2CC2)[C@@H]2C[C@@H]2C1. The lowest BCUT2D eigenvalue weighted by molar-refractivity contribution is 0.344. The molecule has 1 nitrogen and oxygen atoms in total. The minimum absolute atomic E-state index is 0.933. The summed E-state index contributed by atoms with van der Waals surface area (Å²) in [6.07, 6.45) is 10.7. The van der Waals surface area contributed by atoms with Crippen LogP contribution in [0, 0.1) is 23.7 Å². The fourth-order valence-electron chi connectivity index (χ4n) is 3.84. The first-order chi connectivity index (χ1) is 6.92. The highest BCUT2D eigenvalue weighted by molar-refractivity contribution is 5.06. The Labute approximate surface area is 86.6 Å². The van der Waals surface area contributed by atoms with Crippen LogP contribution in [0.25, 0.3) is 0 Å². The second kappa shape index (κ2) is 2.75. The van der Waals surface area contributed by atoms with Crippen molar-refractivity contribution in [3.8, 4) is 0 Å². The molecule has 0 aromatic heterocycles. The first kappa shape index (κ1) is 8.15. The Bertz CT molecular complexity index is 246. The number of nitrogens with one attached hydrogen (secondary N) is 1. The van der Waals surface area contributed by atoms with E-state index in [1.54, 1.807) is 25.7 Å². The van der Waals surface area contributed by atoms with Gasteiger partial charge in [-0.15, -0.1) is 0 Å². The molecule has 5 atom stereocenters. The third-order valence-electron chi connectivity index (χ3n) is 5.08. The van der Waals surface area contributed by atoms with Gasteiger partial charge in [0.1, 0.15) is 0 Å². The van der Waals surface area contributed by atoms with Gasteiger partial charge in [-0.05, 0) is 55.8 Å². The molecule has 4 fully saturated rings. The highest BCUT2D eigenvalue weighted by atomic mass is 15.0. The molecule has 0 aromatic rings. The molecule has 0 amide bonds. The van der Waals surface area contributed by atoms with Gasteiger partial charge in [0.15, 0.2) is 0 Å². The molecule has 0 bridgehead atoms. The van der Waals surface area contributed by atoms with Gasteiger partial charge in [0.05, 0.1) is 0 Å². The third-order valence-corrected chi connectivity index (χ3v) is 5.08. The van der Waals surface area contributed by atoms with Gasteiger partial charge in [-0.25, -0.2) is 0 Å². The minimum Gasteiger partial charge on any atom is -0.311 e. The maximum absolute atomic E-state index is 3.96. The molecule has 78 valence electrons. The van der Waals surface area contributed by atoms with E-state index in [2.05, 4.69) is 5.32 Å². The largest absolute Gasteiger partial charge is 0.311 e. The Morgan fingerprint density at radius 3 is 2.43 bits per heavy atom. The summed E-state index contributed by atoms with van der Waals surface area (Å²) in [5.41, 5.74) is 0. The van der Waals surface area contributed by atoms with Crippen LogP contribution in [-0.2, 0) is 0 Å². The van der Waals surface area contributed by atoms with Crippen LogP contribution in [0.1, 0.15) is 44.9 Å². The molecule has 4 aliphatic rings. The molecule has 4 aliphatic carbocycles. The fraction of sp³-hybridized carbons (Fsp3) is 1.00. The summed E-state index contributed by atoms with van der Waals surface area (Å²) >= 11 is 0. The van der Waals surface area contributed by atoms with Crippen LogP contribution < -0.4 is 5.32 Å². The molecule has 0 spiro atoms. The Balaban J connectivity index is 1.32. The molecule has 4 rings (SSSR count). The van der Waals surface area contributed by atoms with Crippen molar-refractivity contribution in [3.05, 3.63) is 0 Å². The maximum Gasteiger partial charge on any atom is 0.0105 e. The number of hydrogen-bond donors (Lipinski definition) is 1. The van der Waals surface area contributed by atoms with E-state index in [1.807, 2.05) is 0 Å². The van der Waals surface area contributed by atoms with Gasteiger partial charge in [0, 0.05) is 12.1 Å². The summed E-state index contributed by atoms with van der Waals surface area (Å²) in [6.45, 7) is 0. The first-order valence-electron chi connectivity index (χ1n) is 6.68. The van der Waals surface area contributed by atoms with E-state index in [9.17, 15) is 0 Å². The summed E-state index contributed by atoms with van der Waals surface area (Å²) < 4.78 is 0. The molecular weight excluding hydrogens is 170 g/mol. The zero-order chi connectivity index (χ0) is 9.12. The van der Waals surface area contributed by atoms with Crippen molar-refractivity contribution >= 4 is 0 Å². The molecular formula is C13H21N. The third kappa shape index (κ3) is 1.32. The zero-order valence-corrected chi connectivity index (χ0v) is 8.91. The lowest BCUT2D eigenvalue weighted by atomic mass is 9.95. The van der Waals surface area contributed by atoms with Crippen LogP contribution >= 0.6 is 0 Å². The monoisotopic (exact) mass is 191 g/mol. The van der Waals surface area contributed by atoms with Gasteiger partial charge < -0.3 is 5.32 Å². The average molecular weight is 191 g/mol. The van der Waals surface area contributed by atoms with Gasteiger partial charge in [0.25, 0.3) is 0 Å². The predicted molar refractivity (Wildman–Crippen MR) is 57.0 cm³/mol. The Morgan fingerprint density at radius 2 is 1.57 bits per heavy atom. The molecule has 0 aliphatic heterocycles. The van der Waals surface area contributed by atoms with Crippen LogP contribution in [0.5, 0.6) is 0 Å². The van der Waals surface area contributed by atoms with Crippen molar-refractivity contribution in [2.75, 3.05) is 0 Å². The molecule has 14 heavy (non-hydrogen) atoms. The summed E-state index contributed by atoms with van der Waals surface area (Å²) in [5, 5.41) is 3.96. The van der Waals surface area contributed by atoms with E-state index in [1.165, 1.54) is 19.3 Å². The first-order valence-corrected chi connectivity index (χ1v) is 6.68. The van der Waals surface area contributed by atoms with Crippen molar-refractivity contribution in [2.45, 2.75) is 57.0 Å². The highest BCUT2D eigenvalue weighted by Gasteiger charge is 2.51. The van der Waals surface area contributed by atoms with Crippen molar-refractivity contribution in [2.24, 2.45) is 23.7 Å². The summed E-state index contributed by atoms with van der Waals surface area (Å²) in [4.78, 5) is 0. The molecule has 4 saturated carbocycles. The molecule has 1 N–H and O–H groups in total. The van der Waals surface area contributed by atoms with Crippen LogP contribution in [0.15, 0.2) is 0 Å². The van der Waals surface area contributed by atoms with E-state index < -0.39 is 0 Å². The smallest absolute Gasteiger partial charge is 0.0105 e. The molecule has 3 unspecified atom stereocenters. The minimum atomic E-state index is 0.933. The lowest BCUT2D eigenvalue weighted by Gasteiger charge is -2.23. The van der Waals surface area contributed by atoms with Crippen LogP contribution in [0.2, 0.25) is 0 Å². The highest BCUT2D eigenvalue weighted by Crippen LogP contribution is 2.53. The van der Waals surface area contributed by atoms with Crippen molar-refractivity contribution in [1.82, 2.24) is 5.32 Å². The second-order valence-corrected chi connectivity index (χ2v) is 6.21. The van der Waals surface area contributed by atoms with Crippen LogP contribution in [-0.4, -0.2) is 12.1 Å². The normalized spacial score (nSPS) is 55.3. The van der Waals surface area contributed by atoms with Gasteiger partial charge in [-0.2, -0.15) is 0 Å². The van der Waals surface area contributed by atoms with Crippen molar-refractivity contribution in [3.63, 3.8) is 0 Å². The van der Waals surface area contributed by atoms with Crippen molar-refractivity contribution < 1.29 is 0 Å². The topological polar surface area (TPSA) is 12.0 Å². The number of fused-ring (bicyclic) bond motifs is 1. The predicted octanol–water partition coefficient (Wildman–Crippen LogP) is 2.56. The van der Waals surface area contributed by atoms with E-state index in [0.717, 1.165) is 35.8 Å². The summed E-state index contributed by atoms with van der Waals surface area (Å²) in [7, 11) is 0. The van der Waals surface area contributed by atoms with E-state index in [0.29, 0.717) is 0 Å². The Hall–Kier alpha value is -0.0400. The Kier molecular flexibility index (Phi) is 1.60. The van der Waals surface area contributed by atoms with Gasteiger partial charge in [0.2, 0.25) is 0 Å². The van der Waals surface area contributed by atoms with E-state index >= 15 is 0 Å². The quantitative estimate of drug-likeness (QED) is 0.723. The van der Waals surface area contributed by atoms with Crippen LogP contribution in [0.4, 0.5) is 0 Å². The average Bonchev–Trinajstić information content (AvgIpc) is 3.03. The van der Waals surface area contributed by atoms with Crippen molar-refractivity contribution in [1.29, 1.82) is 0 Å². The summed E-state index contributed by atoms with van der Waals surface area (Å²) in [6, 6.07) is 1.88. The standard InChI is InChI=1S/C13H21N/c1-2-9-6-10(9)12(3-1)14-13-7-11(13)8-4-5-8/h8-14H,1-7H2/t9-,10+,11?,12?,13?/m0/s1. The molecule has 0 heterocycles. The second-order valence-electron chi connectivity index (χ2n) is 6.21. The molecule has 1 heteroatoms. The van der Waals surface area contributed by atoms with E-state index in [4.69, 9.17) is 0 Å². The molecule has 0 saturated heterocycles. The fourth-order valence-corrected chi connectivity index (χ4v) is 3.84. The van der Waals surface area contributed by atoms with Gasteiger partial charge >= 0.3 is 0 Å². The van der Waals surface area contributed by atoms with Gasteiger partial charge in [-0.3, -0.25) is 0 Å².